The van der Waals surface area contributed by atoms with Gasteiger partial charge >= 0.3 is 0 Å². The molecule has 2 rings (SSSR count). The van der Waals surface area contributed by atoms with E-state index in [9.17, 15) is 9.18 Å². The maximum atomic E-state index is 13.3. The standard InChI is InChI=1S/C14H18FNO2/c1-14(6-3-7-16-9-14)13(17)11-8-10(15)4-5-12(11)18-2/h4-5,8,16H,3,6-7,9H2,1-2H3. The van der Waals surface area contributed by atoms with E-state index in [1.807, 2.05) is 6.92 Å². The fraction of sp³-hybridized carbons (Fsp3) is 0.500. The van der Waals surface area contributed by atoms with Gasteiger partial charge in [0.05, 0.1) is 12.7 Å². The van der Waals surface area contributed by atoms with Crippen molar-refractivity contribution >= 4 is 5.78 Å². The zero-order valence-corrected chi connectivity index (χ0v) is 10.8. The van der Waals surface area contributed by atoms with Crippen molar-refractivity contribution in [3.05, 3.63) is 29.6 Å². The van der Waals surface area contributed by atoms with E-state index < -0.39 is 11.2 Å². The molecule has 1 unspecified atom stereocenters. The molecule has 1 aromatic rings. The van der Waals surface area contributed by atoms with E-state index in [1.54, 1.807) is 0 Å². The topological polar surface area (TPSA) is 38.3 Å². The van der Waals surface area contributed by atoms with Crippen LogP contribution in [-0.4, -0.2) is 26.0 Å². The van der Waals surface area contributed by atoms with Crippen LogP contribution in [-0.2, 0) is 0 Å². The first-order valence-electron chi connectivity index (χ1n) is 6.16. The molecule has 0 bridgehead atoms. The van der Waals surface area contributed by atoms with Crippen LogP contribution in [0.4, 0.5) is 4.39 Å². The molecule has 1 N–H and O–H groups in total. The van der Waals surface area contributed by atoms with E-state index in [4.69, 9.17) is 4.74 Å². The summed E-state index contributed by atoms with van der Waals surface area (Å²) in [6, 6.07) is 4.07. The smallest absolute Gasteiger partial charge is 0.173 e. The summed E-state index contributed by atoms with van der Waals surface area (Å²) >= 11 is 0. The average molecular weight is 251 g/mol. The zero-order chi connectivity index (χ0) is 13.2. The molecular weight excluding hydrogens is 233 g/mol. The highest BCUT2D eigenvalue weighted by Gasteiger charge is 2.36. The molecule has 1 aromatic carbocycles. The number of rotatable bonds is 3. The van der Waals surface area contributed by atoms with Crippen LogP contribution in [0.2, 0.25) is 0 Å². The molecule has 4 heteroatoms. The van der Waals surface area contributed by atoms with Gasteiger partial charge in [0.15, 0.2) is 5.78 Å². The number of benzene rings is 1. The van der Waals surface area contributed by atoms with Crippen LogP contribution in [0.1, 0.15) is 30.1 Å². The Morgan fingerprint density at radius 2 is 2.28 bits per heavy atom. The first-order valence-corrected chi connectivity index (χ1v) is 6.16. The predicted octanol–water partition coefficient (Wildman–Crippen LogP) is 2.41. The molecule has 1 aliphatic heterocycles. The van der Waals surface area contributed by atoms with Gasteiger partial charge in [-0.05, 0) is 37.6 Å². The van der Waals surface area contributed by atoms with Gasteiger partial charge < -0.3 is 10.1 Å². The zero-order valence-electron chi connectivity index (χ0n) is 10.8. The average Bonchev–Trinajstić information content (AvgIpc) is 2.38. The number of ether oxygens (including phenoxy) is 1. The van der Waals surface area contributed by atoms with Crippen molar-refractivity contribution in [1.82, 2.24) is 5.32 Å². The van der Waals surface area contributed by atoms with E-state index in [-0.39, 0.29) is 5.78 Å². The molecule has 0 radical (unpaired) electrons. The number of methoxy groups -OCH3 is 1. The molecule has 1 heterocycles. The van der Waals surface area contributed by atoms with Crippen LogP contribution in [0, 0.1) is 11.2 Å². The third-order valence-corrected chi connectivity index (χ3v) is 3.55. The lowest BCUT2D eigenvalue weighted by Gasteiger charge is -2.33. The largest absolute Gasteiger partial charge is 0.496 e. The molecule has 1 aliphatic rings. The minimum atomic E-state index is -0.473. The summed E-state index contributed by atoms with van der Waals surface area (Å²) < 4.78 is 18.5. The van der Waals surface area contributed by atoms with Crippen LogP contribution in [0.5, 0.6) is 5.75 Å². The van der Waals surface area contributed by atoms with Gasteiger partial charge in [0.1, 0.15) is 11.6 Å². The molecule has 0 aromatic heterocycles. The second-order valence-electron chi connectivity index (χ2n) is 5.01. The Bertz CT molecular complexity index is 453. The summed E-state index contributed by atoms with van der Waals surface area (Å²) in [6.07, 6.45) is 1.78. The van der Waals surface area contributed by atoms with E-state index in [0.29, 0.717) is 17.9 Å². The predicted molar refractivity (Wildman–Crippen MR) is 67.5 cm³/mol. The summed E-state index contributed by atoms with van der Waals surface area (Å²) in [5, 5.41) is 3.22. The Balaban J connectivity index is 2.35. The second-order valence-corrected chi connectivity index (χ2v) is 5.01. The Hall–Kier alpha value is -1.42. The highest BCUT2D eigenvalue weighted by molar-refractivity contribution is 6.02. The van der Waals surface area contributed by atoms with Gasteiger partial charge in [-0.15, -0.1) is 0 Å². The van der Waals surface area contributed by atoms with Crippen molar-refractivity contribution in [1.29, 1.82) is 0 Å². The normalized spacial score (nSPS) is 23.7. The van der Waals surface area contributed by atoms with Crippen molar-refractivity contribution < 1.29 is 13.9 Å². The molecule has 1 fully saturated rings. The monoisotopic (exact) mass is 251 g/mol. The Morgan fingerprint density at radius 1 is 1.50 bits per heavy atom. The molecule has 1 atom stereocenters. The quantitative estimate of drug-likeness (QED) is 0.838. The molecule has 0 saturated carbocycles. The van der Waals surface area contributed by atoms with Gasteiger partial charge in [-0.3, -0.25) is 4.79 Å². The van der Waals surface area contributed by atoms with Crippen LogP contribution in [0.3, 0.4) is 0 Å². The molecule has 3 nitrogen and oxygen atoms in total. The van der Waals surface area contributed by atoms with Gasteiger partial charge in [-0.25, -0.2) is 4.39 Å². The van der Waals surface area contributed by atoms with Gasteiger partial charge in [0.2, 0.25) is 0 Å². The Kier molecular flexibility index (Phi) is 3.66. The van der Waals surface area contributed by atoms with E-state index in [2.05, 4.69) is 5.32 Å². The van der Waals surface area contributed by atoms with Crippen molar-refractivity contribution in [2.24, 2.45) is 5.41 Å². The number of ketones is 1. The van der Waals surface area contributed by atoms with E-state index >= 15 is 0 Å². The number of carbonyl (C=O) groups is 1. The second kappa shape index (κ2) is 5.06. The number of Topliss-reactive ketones (excluding diaryl/α,β-unsaturated/α-hetero) is 1. The van der Waals surface area contributed by atoms with E-state index in [0.717, 1.165) is 19.4 Å². The molecule has 1 saturated heterocycles. The summed E-state index contributed by atoms with van der Waals surface area (Å²) in [7, 11) is 1.49. The minimum Gasteiger partial charge on any atom is -0.496 e. The highest BCUT2D eigenvalue weighted by Crippen LogP contribution is 2.33. The van der Waals surface area contributed by atoms with Crippen LogP contribution in [0.15, 0.2) is 18.2 Å². The van der Waals surface area contributed by atoms with Gasteiger partial charge in [0.25, 0.3) is 0 Å². The number of nitrogens with one attached hydrogen (secondary N) is 1. The van der Waals surface area contributed by atoms with Crippen molar-refractivity contribution in [3.63, 3.8) is 0 Å². The number of hydrogen-bond donors (Lipinski definition) is 1. The summed E-state index contributed by atoms with van der Waals surface area (Å²) in [6.45, 7) is 3.49. The van der Waals surface area contributed by atoms with Gasteiger partial charge in [-0.1, -0.05) is 6.92 Å². The molecular formula is C14H18FNO2. The number of piperidine rings is 1. The molecule has 98 valence electrons. The van der Waals surface area contributed by atoms with E-state index in [1.165, 1.54) is 25.3 Å². The maximum absolute atomic E-state index is 13.3. The lowest BCUT2D eigenvalue weighted by molar-refractivity contribution is 0.0769. The Labute approximate surface area is 106 Å². The first kappa shape index (κ1) is 13.0. The highest BCUT2D eigenvalue weighted by atomic mass is 19.1. The fourth-order valence-electron chi connectivity index (χ4n) is 2.43. The fourth-order valence-corrected chi connectivity index (χ4v) is 2.43. The summed E-state index contributed by atoms with van der Waals surface area (Å²) in [5.41, 5.74) is -0.136. The van der Waals surface area contributed by atoms with Crippen LogP contribution >= 0.6 is 0 Å². The molecule has 0 aliphatic carbocycles. The van der Waals surface area contributed by atoms with Crippen molar-refractivity contribution in [3.8, 4) is 5.75 Å². The van der Waals surface area contributed by atoms with Gasteiger partial charge in [-0.2, -0.15) is 0 Å². The van der Waals surface area contributed by atoms with Crippen LogP contribution in [0.25, 0.3) is 0 Å². The Morgan fingerprint density at radius 3 is 2.89 bits per heavy atom. The van der Waals surface area contributed by atoms with Crippen LogP contribution < -0.4 is 10.1 Å². The minimum absolute atomic E-state index is 0.0500. The van der Waals surface area contributed by atoms with Crippen molar-refractivity contribution in [2.75, 3.05) is 20.2 Å². The SMILES string of the molecule is COc1ccc(F)cc1C(=O)C1(C)CCCNC1. The molecule has 0 spiro atoms. The third kappa shape index (κ3) is 2.38. The number of carbonyl (C=O) groups excluding carboxylic acids is 1. The lowest BCUT2D eigenvalue weighted by atomic mass is 9.76. The first-order chi connectivity index (χ1) is 8.57. The number of hydrogen-bond acceptors (Lipinski definition) is 3. The molecule has 0 amide bonds. The maximum Gasteiger partial charge on any atom is 0.173 e. The molecule has 18 heavy (non-hydrogen) atoms. The summed E-state index contributed by atoms with van der Waals surface area (Å²) in [5.74, 6) is -0.0224. The van der Waals surface area contributed by atoms with Gasteiger partial charge in [0, 0.05) is 12.0 Å². The summed E-state index contributed by atoms with van der Waals surface area (Å²) in [4.78, 5) is 12.6. The lowest BCUT2D eigenvalue weighted by Crippen LogP contribution is -2.43. The number of halogens is 1. The van der Waals surface area contributed by atoms with Crippen molar-refractivity contribution in [2.45, 2.75) is 19.8 Å². The third-order valence-electron chi connectivity index (χ3n) is 3.55.